The lowest BCUT2D eigenvalue weighted by atomic mass is 9.98. The molecule has 24 heavy (non-hydrogen) atoms. The van der Waals surface area contributed by atoms with E-state index >= 15 is 0 Å². The lowest BCUT2D eigenvalue weighted by molar-refractivity contribution is 0.733. The van der Waals surface area contributed by atoms with Gasteiger partial charge in [0.1, 0.15) is 0 Å². The number of hydrogen-bond donors (Lipinski definition) is 0. The molecule has 0 fully saturated rings. The van der Waals surface area contributed by atoms with Crippen molar-refractivity contribution in [3.63, 3.8) is 0 Å². The number of hydrogen-bond acceptors (Lipinski definition) is 1. The van der Waals surface area contributed by atoms with E-state index in [4.69, 9.17) is 0 Å². The van der Waals surface area contributed by atoms with Crippen LogP contribution in [0, 0.1) is 0 Å². The molecule has 0 radical (unpaired) electrons. The van der Waals surface area contributed by atoms with Gasteiger partial charge in [-0.1, -0.05) is 60.1 Å². The Morgan fingerprint density at radius 3 is 1.79 bits per heavy atom. The molecule has 1 atom stereocenters. The predicted molar refractivity (Wildman–Crippen MR) is 108 cm³/mol. The molecule has 3 aromatic carbocycles. The summed E-state index contributed by atoms with van der Waals surface area (Å²) in [5.74, 6) is 0.594. The Kier molecular flexibility index (Phi) is 5.37. The van der Waals surface area contributed by atoms with E-state index in [0.717, 1.165) is 22.3 Å². The fraction of sp³-hybridized carbons (Fsp3) is 0.182. The molecule has 0 aliphatic heterocycles. The third-order valence-electron chi connectivity index (χ3n) is 4.43. The first-order chi connectivity index (χ1) is 11.7. The quantitative estimate of drug-likeness (QED) is 0.445. The summed E-state index contributed by atoms with van der Waals surface area (Å²) in [7, 11) is 0. The summed E-state index contributed by atoms with van der Waals surface area (Å²) in [6, 6.07) is 27.9. The maximum atomic E-state index is 3.52. The smallest absolute Gasteiger partial charge is 0.0462 e. The highest BCUT2D eigenvalue weighted by atomic mass is 79.9. The Bertz CT molecular complexity index is 763. The molecular formula is C22H22BrN. The van der Waals surface area contributed by atoms with Gasteiger partial charge in [0.15, 0.2) is 0 Å². The highest BCUT2D eigenvalue weighted by molar-refractivity contribution is 9.10. The maximum Gasteiger partial charge on any atom is 0.0462 e. The fourth-order valence-corrected chi connectivity index (χ4v) is 3.07. The summed E-state index contributed by atoms with van der Waals surface area (Å²) in [5, 5.41) is 0. The zero-order chi connectivity index (χ0) is 16.9. The Morgan fingerprint density at radius 2 is 1.25 bits per heavy atom. The molecule has 3 aromatic rings. The first-order valence-electron chi connectivity index (χ1n) is 8.39. The van der Waals surface area contributed by atoms with Crippen LogP contribution in [0.25, 0.3) is 0 Å². The van der Waals surface area contributed by atoms with Crippen LogP contribution in [0.2, 0.25) is 0 Å². The van der Waals surface area contributed by atoms with Gasteiger partial charge in [0.25, 0.3) is 0 Å². The van der Waals surface area contributed by atoms with E-state index in [9.17, 15) is 0 Å². The fourth-order valence-electron chi connectivity index (χ4n) is 2.80. The molecule has 0 saturated heterocycles. The van der Waals surface area contributed by atoms with Crippen molar-refractivity contribution >= 4 is 33.0 Å². The SMILES string of the molecule is CCC(C)c1ccc(N(c2ccccc2)c2ccc(Br)cc2)cc1. The normalized spacial score (nSPS) is 12.0. The third-order valence-corrected chi connectivity index (χ3v) is 4.96. The van der Waals surface area contributed by atoms with Gasteiger partial charge in [-0.15, -0.1) is 0 Å². The second kappa shape index (κ2) is 7.67. The largest absolute Gasteiger partial charge is 0.311 e. The van der Waals surface area contributed by atoms with Crippen LogP contribution in [0.15, 0.2) is 83.3 Å². The molecule has 0 heterocycles. The molecule has 122 valence electrons. The lowest BCUT2D eigenvalue weighted by Gasteiger charge is -2.26. The van der Waals surface area contributed by atoms with Gasteiger partial charge >= 0.3 is 0 Å². The molecular weight excluding hydrogens is 358 g/mol. The molecule has 1 unspecified atom stereocenters. The van der Waals surface area contributed by atoms with Gasteiger partial charge in [-0.2, -0.15) is 0 Å². The summed E-state index contributed by atoms with van der Waals surface area (Å²) in [4.78, 5) is 2.28. The first-order valence-corrected chi connectivity index (χ1v) is 9.19. The van der Waals surface area contributed by atoms with Crippen LogP contribution in [0.4, 0.5) is 17.1 Å². The van der Waals surface area contributed by atoms with Crippen LogP contribution >= 0.6 is 15.9 Å². The van der Waals surface area contributed by atoms with Crippen molar-refractivity contribution < 1.29 is 0 Å². The minimum absolute atomic E-state index is 0.594. The Balaban J connectivity index is 2.03. The van der Waals surface area contributed by atoms with Crippen molar-refractivity contribution in [3.8, 4) is 0 Å². The molecule has 0 aromatic heterocycles. The van der Waals surface area contributed by atoms with E-state index in [-0.39, 0.29) is 0 Å². The molecule has 2 heteroatoms. The number of anilines is 3. The number of rotatable bonds is 5. The monoisotopic (exact) mass is 379 g/mol. The predicted octanol–water partition coefficient (Wildman–Crippen LogP) is 7.43. The molecule has 0 N–H and O–H groups in total. The van der Waals surface area contributed by atoms with Crippen LogP contribution < -0.4 is 4.90 Å². The molecule has 3 rings (SSSR count). The number of halogens is 1. The van der Waals surface area contributed by atoms with Gasteiger partial charge in [0.2, 0.25) is 0 Å². The summed E-state index contributed by atoms with van der Waals surface area (Å²) >= 11 is 3.52. The maximum absolute atomic E-state index is 3.52. The average molecular weight is 380 g/mol. The zero-order valence-corrected chi connectivity index (χ0v) is 15.7. The lowest BCUT2D eigenvalue weighted by Crippen LogP contribution is -2.09. The van der Waals surface area contributed by atoms with E-state index in [1.165, 1.54) is 11.3 Å². The van der Waals surface area contributed by atoms with Crippen LogP contribution in [-0.2, 0) is 0 Å². The van der Waals surface area contributed by atoms with Gasteiger partial charge in [-0.25, -0.2) is 0 Å². The molecule has 1 nitrogen and oxygen atoms in total. The summed E-state index contributed by atoms with van der Waals surface area (Å²) in [6.45, 7) is 4.51. The van der Waals surface area contributed by atoms with E-state index in [0.29, 0.717) is 5.92 Å². The Labute approximate surface area is 153 Å². The molecule has 0 spiro atoms. The van der Waals surface area contributed by atoms with Crippen LogP contribution in [0.1, 0.15) is 31.7 Å². The van der Waals surface area contributed by atoms with Crippen LogP contribution in [0.5, 0.6) is 0 Å². The minimum atomic E-state index is 0.594. The number of nitrogens with zero attached hydrogens (tertiary/aromatic N) is 1. The Hall–Kier alpha value is -2.06. The third kappa shape index (κ3) is 3.70. The summed E-state index contributed by atoms with van der Waals surface area (Å²) in [6.07, 6.45) is 1.16. The van der Waals surface area contributed by atoms with E-state index in [2.05, 4.69) is 114 Å². The standard InChI is InChI=1S/C22H22BrN/c1-3-17(2)18-9-13-21(14-10-18)24(20-7-5-4-6-8-20)22-15-11-19(23)12-16-22/h4-17H,3H2,1-2H3. The minimum Gasteiger partial charge on any atom is -0.311 e. The highest BCUT2D eigenvalue weighted by Gasteiger charge is 2.12. The molecule has 0 bridgehead atoms. The van der Waals surface area contributed by atoms with Crippen molar-refractivity contribution in [1.82, 2.24) is 0 Å². The van der Waals surface area contributed by atoms with Crippen molar-refractivity contribution in [2.24, 2.45) is 0 Å². The molecule has 0 aliphatic carbocycles. The van der Waals surface area contributed by atoms with E-state index in [1.54, 1.807) is 0 Å². The Morgan fingerprint density at radius 1 is 0.750 bits per heavy atom. The van der Waals surface area contributed by atoms with Crippen LogP contribution in [-0.4, -0.2) is 0 Å². The van der Waals surface area contributed by atoms with Gasteiger partial charge < -0.3 is 4.90 Å². The zero-order valence-electron chi connectivity index (χ0n) is 14.1. The van der Waals surface area contributed by atoms with Crippen LogP contribution in [0.3, 0.4) is 0 Å². The highest BCUT2D eigenvalue weighted by Crippen LogP contribution is 2.35. The van der Waals surface area contributed by atoms with E-state index < -0.39 is 0 Å². The summed E-state index contributed by atoms with van der Waals surface area (Å²) in [5.41, 5.74) is 4.89. The second-order valence-corrected chi connectivity index (χ2v) is 6.96. The van der Waals surface area contributed by atoms with Gasteiger partial charge in [-0.05, 0) is 66.4 Å². The average Bonchev–Trinajstić information content (AvgIpc) is 2.64. The van der Waals surface area contributed by atoms with Gasteiger partial charge in [0.05, 0.1) is 0 Å². The molecule has 0 aliphatic rings. The summed E-state index contributed by atoms with van der Waals surface area (Å²) < 4.78 is 1.09. The molecule has 0 saturated carbocycles. The number of benzene rings is 3. The van der Waals surface area contributed by atoms with Crippen molar-refractivity contribution in [1.29, 1.82) is 0 Å². The van der Waals surface area contributed by atoms with Crippen molar-refractivity contribution in [2.45, 2.75) is 26.2 Å². The first kappa shape index (κ1) is 16.8. The van der Waals surface area contributed by atoms with E-state index in [1.807, 2.05) is 0 Å². The van der Waals surface area contributed by atoms with Crippen molar-refractivity contribution in [2.75, 3.05) is 4.90 Å². The second-order valence-electron chi connectivity index (χ2n) is 6.05. The van der Waals surface area contributed by atoms with Gasteiger partial charge in [0, 0.05) is 21.5 Å². The number of para-hydroxylation sites is 1. The molecule has 0 amide bonds. The van der Waals surface area contributed by atoms with Crippen molar-refractivity contribution in [3.05, 3.63) is 88.9 Å². The topological polar surface area (TPSA) is 3.24 Å². The van der Waals surface area contributed by atoms with Gasteiger partial charge in [-0.3, -0.25) is 0 Å².